The van der Waals surface area contributed by atoms with Gasteiger partial charge < -0.3 is 29.4 Å². The van der Waals surface area contributed by atoms with Crippen molar-refractivity contribution in [3.8, 4) is 17.2 Å². The number of aryl methyl sites for hydroxylation is 1. The smallest absolute Gasteiger partial charge is 0.319 e. The van der Waals surface area contributed by atoms with Gasteiger partial charge in [-0.15, -0.1) is 0 Å². The van der Waals surface area contributed by atoms with Crippen molar-refractivity contribution < 1.29 is 19.0 Å². The quantitative estimate of drug-likeness (QED) is 0.555. The number of ether oxygens (including phenoxy) is 3. The zero-order valence-electron chi connectivity index (χ0n) is 19.2. The maximum Gasteiger partial charge on any atom is 0.319 e. The Morgan fingerprint density at radius 3 is 2.31 bits per heavy atom. The number of rotatable bonds is 7. The Kier molecular flexibility index (Phi) is 6.17. The lowest BCUT2D eigenvalue weighted by molar-refractivity contribution is 0.248. The van der Waals surface area contributed by atoms with Crippen LogP contribution in [0.5, 0.6) is 17.2 Å². The fourth-order valence-electron chi connectivity index (χ4n) is 4.89. The molecule has 0 spiro atoms. The van der Waals surface area contributed by atoms with Crippen molar-refractivity contribution in [3.05, 3.63) is 48.2 Å². The molecule has 1 aromatic heterocycles. The Labute approximate surface area is 188 Å². The van der Waals surface area contributed by atoms with Gasteiger partial charge in [-0.25, -0.2) is 4.79 Å². The number of fused-ring (bicyclic) bond motifs is 1. The highest BCUT2D eigenvalue weighted by atomic mass is 16.5. The Balaban J connectivity index is 1.56. The van der Waals surface area contributed by atoms with Gasteiger partial charge in [0.25, 0.3) is 0 Å². The zero-order chi connectivity index (χ0) is 22.7. The van der Waals surface area contributed by atoms with E-state index in [1.54, 1.807) is 33.5 Å². The molecule has 0 unspecified atom stereocenters. The van der Waals surface area contributed by atoms with Crippen LogP contribution < -0.4 is 24.8 Å². The van der Waals surface area contributed by atoms with E-state index in [1.807, 2.05) is 0 Å². The number of anilines is 1. The minimum atomic E-state index is -0.293. The van der Waals surface area contributed by atoms with Crippen LogP contribution in [0.15, 0.2) is 42.6 Å². The number of methoxy groups -OCH3 is 3. The van der Waals surface area contributed by atoms with Crippen molar-refractivity contribution >= 4 is 22.6 Å². The highest BCUT2D eigenvalue weighted by Gasteiger charge is 2.38. The number of hydrogen-bond donors (Lipinski definition) is 2. The minimum Gasteiger partial charge on any atom is -0.496 e. The van der Waals surface area contributed by atoms with E-state index in [4.69, 9.17) is 14.2 Å². The average molecular weight is 438 g/mol. The molecular formula is C25H31N3O4. The maximum absolute atomic E-state index is 12.9. The first-order valence-corrected chi connectivity index (χ1v) is 10.9. The lowest BCUT2D eigenvalue weighted by atomic mass is 9.78. The van der Waals surface area contributed by atoms with Crippen molar-refractivity contribution in [2.45, 2.75) is 31.1 Å². The maximum atomic E-state index is 12.9. The summed E-state index contributed by atoms with van der Waals surface area (Å²) in [5.74, 6) is 1.53. The van der Waals surface area contributed by atoms with E-state index >= 15 is 0 Å². The van der Waals surface area contributed by atoms with Crippen molar-refractivity contribution in [1.29, 1.82) is 0 Å². The zero-order valence-corrected chi connectivity index (χ0v) is 19.2. The average Bonchev–Trinajstić information content (AvgIpc) is 3.43. The van der Waals surface area contributed by atoms with Gasteiger partial charge in [0.05, 0.1) is 21.3 Å². The second kappa shape index (κ2) is 9.02. The molecule has 32 heavy (non-hydrogen) atoms. The molecule has 170 valence electrons. The third-order valence-electron chi connectivity index (χ3n) is 6.57. The Morgan fingerprint density at radius 2 is 1.69 bits per heavy atom. The van der Waals surface area contributed by atoms with E-state index in [0.29, 0.717) is 29.5 Å². The molecular weight excluding hydrogens is 406 g/mol. The van der Waals surface area contributed by atoms with Gasteiger partial charge in [0.1, 0.15) is 22.9 Å². The monoisotopic (exact) mass is 437 g/mol. The van der Waals surface area contributed by atoms with Crippen LogP contribution in [-0.4, -0.2) is 38.5 Å². The number of hydrogen-bond acceptors (Lipinski definition) is 4. The van der Waals surface area contributed by atoms with E-state index in [0.717, 1.165) is 25.7 Å². The van der Waals surface area contributed by atoms with Gasteiger partial charge in [0.2, 0.25) is 0 Å². The van der Waals surface area contributed by atoms with Crippen LogP contribution in [0.1, 0.15) is 31.2 Å². The molecule has 1 aliphatic carbocycles. The summed E-state index contributed by atoms with van der Waals surface area (Å²) in [7, 11) is 6.75. The second-order valence-corrected chi connectivity index (χ2v) is 8.37. The lowest BCUT2D eigenvalue weighted by Gasteiger charge is -2.29. The first-order valence-electron chi connectivity index (χ1n) is 10.9. The van der Waals surface area contributed by atoms with E-state index in [-0.39, 0.29) is 11.4 Å². The number of nitrogens with one attached hydrogen (secondary N) is 2. The van der Waals surface area contributed by atoms with E-state index in [1.165, 1.54) is 16.5 Å². The number of amides is 2. The van der Waals surface area contributed by atoms with E-state index in [9.17, 15) is 4.79 Å². The van der Waals surface area contributed by atoms with Crippen LogP contribution >= 0.6 is 0 Å². The summed E-state index contributed by atoms with van der Waals surface area (Å²) in [6.45, 7) is 0.563. The summed E-state index contributed by atoms with van der Waals surface area (Å²) >= 11 is 0. The topological polar surface area (TPSA) is 73.8 Å². The molecule has 3 aromatic rings. The SMILES string of the molecule is COc1cc(OC)c(NC(=O)NCC2(c3cn(C)c4ccccc34)CCCC2)c(OC)c1. The number of carbonyl (C=O) groups excluding carboxylic acids is 1. The molecule has 0 atom stereocenters. The Bertz CT molecular complexity index is 1090. The van der Waals surface area contributed by atoms with Crippen molar-refractivity contribution in [2.75, 3.05) is 33.2 Å². The largest absolute Gasteiger partial charge is 0.496 e. The summed E-state index contributed by atoms with van der Waals surface area (Å²) in [5, 5.41) is 7.28. The summed E-state index contributed by atoms with van der Waals surface area (Å²) in [4.78, 5) is 12.9. The molecule has 2 amide bonds. The Hall–Kier alpha value is -3.35. The third-order valence-corrected chi connectivity index (χ3v) is 6.57. The predicted molar refractivity (Wildman–Crippen MR) is 126 cm³/mol. The molecule has 1 saturated carbocycles. The molecule has 2 N–H and O–H groups in total. The second-order valence-electron chi connectivity index (χ2n) is 8.37. The molecule has 1 heterocycles. The molecule has 7 heteroatoms. The van der Waals surface area contributed by atoms with Gasteiger partial charge in [-0.2, -0.15) is 0 Å². The van der Waals surface area contributed by atoms with Crippen LogP contribution in [0.4, 0.5) is 10.5 Å². The number of carbonyl (C=O) groups is 1. The van der Waals surface area contributed by atoms with Crippen LogP contribution in [0.2, 0.25) is 0 Å². The van der Waals surface area contributed by atoms with Crippen molar-refractivity contribution in [2.24, 2.45) is 7.05 Å². The van der Waals surface area contributed by atoms with Gasteiger partial charge in [-0.05, 0) is 24.5 Å². The lowest BCUT2D eigenvalue weighted by Crippen LogP contribution is -2.41. The molecule has 1 aliphatic rings. The molecule has 1 fully saturated rings. The van der Waals surface area contributed by atoms with Crippen LogP contribution in [0.3, 0.4) is 0 Å². The highest BCUT2D eigenvalue weighted by Crippen LogP contribution is 2.44. The fourth-order valence-corrected chi connectivity index (χ4v) is 4.89. The summed E-state index contributed by atoms with van der Waals surface area (Å²) in [6, 6.07) is 11.6. The van der Waals surface area contributed by atoms with Crippen LogP contribution in [0.25, 0.3) is 10.9 Å². The van der Waals surface area contributed by atoms with Crippen LogP contribution in [0, 0.1) is 0 Å². The van der Waals surface area contributed by atoms with Gasteiger partial charge in [0, 0.05) is 48.2 Å². The van der Waals surface area contributed by atoms with Gasteiger partial charge in [0.15, 0.2) is 0 Å². The standard InChI is InChI=1S/C25H31N3O4/c1-28-15-19(18-9-5-6-10-20(18)28)25(11-7-8-12-25)16-26-24(29)27-23-21(31-3)13-17(30-2)14-22(23)32-4/h5-6,9-10,13-15H,7-8,11-12,16H2,1-4H3,(H2,26,27,29). The van der Waals surface area contributed by atoms with Crippen molar-refractivity contribution in [3.63, 3.8) is 0 Å². The highest BCUT2D eigenvalue weighted by molar-refractivity contribution is 5.93. The summed E-state index contributed by atoms with van der Waals surface area (Å²) in [5.41, 5.74) is 2.92. The van der Waals surface area contributed by atoms with E-state index in [2.05, 4.69) is 52.7 Å². The normalized spacial score (nSPS) is 14.9. The Morgan fingerprint density at radius 1 is 1.03 bits per heavy atom. The summed E-state index contributed by atoms with van der Waals surface area (Å²) < 4.78 is 18.3. The first-order chi connectivity index (χ1) is 15.5. The molecule has 7 nitrogen and oxygen atoms in total. The molecule has 4 rings (SSSR count). The molecule has 0 saturated heterocycles. The molecule has 0 aliphatic heterocycles. The number of aromatic nitrogens is 1. The van der Waals surface area contributed by atoms with Crippen LogP contribution in [-0.2, 0) is 12.5 Å². The van der Waals surface area contributed by atoms with E-state index < -0.39 is 0 Å². The number of nitrogens with zero attached hydrogens (tertiary/aromatic N) is 1. The minimum absolute atomic E-state index is 0.0771. The third kappa shape index (κ3) is 3.95. The fraction of sp³-hybridized carbons (Fsp3) is 0.400. The summed E-state index contributed by atoms with van der Waals surface area (Å²) in [6.07, 6.45) is 6.65. The molecule has 2 aromatic carbocycles. The van der Waals surface area contributed by atoms with Gasteiger partial charge in [-0.3, -0.25) is 0 Å². The van der Waals surface area contributed by atoms with Gasteiger partial charge >= 0.3 is 6.03 Å². The predicted octanol–water partition coefficient (Wildman–Crippen LogP) is 4.84. The van der Waals surface area contributed by atoms with Gasteiger partial charge in [-0.1, -0.05) is 31.0 Å². The first kappa shape index (κ1) is 21.9. The molecule has 0 bridgehead atoms. The molecule has 0 radical (unpaired) electrons. The number of urea groups is 1. The number of para-hydroxylation sites is 1. The number of benzene rings is 2. The van der Waals surface area contributed by atoms with Crippen molar-refractivity contribution in [1.82, 2.24) is 9.88 Å².